The van der Waals surface area contributed by atoms with E-state index in [4.69, 9.17) is 10.5 Å². The molecule has 1 rings (SSSR count). The van der Waals surface area contributed by atoms with Gasteiger partial charge in [0.15, 0.2) is 6.10 Å². The topological polar surface area (TPSA) is 55.5 Å². The Labute approximate surface area is 116 Å². The first-order valence-electron chi connectivity index (χ1n) is 6.27. The summed E-state index contributed by atoms with van der Waals surface area (Å²) in [5.74, 6) is -0.134. The van der Waals surface area contributed by atoms with Gasteiger partial charge < -0.3 is 15.6 Å². The number of hydrogen-bond acceptors (Lipinski definition) is 3. The molecule has 1 atom stereocenters. The van der Waals surface area contributed by atoms with E-state index < -0.39 is 12.3 Å². The van der Waals surface area contributed by atoms with Crippen LogP contribution >= 0.6 is 0 Å². The fourth-order valence-corrected chi connectivity index (χ4v) is 1.88. The molecule has 0 fully saturated rings. The zero-order valence-corrected chi connectivity index (χ0v) is 12.0. The van der Waals surface area contributed by atoms with E-state index in [9.17, 15) is 18.3 Å². The fourth-order valence-electron chi connectivity index (χ4n) is 1.88. The van der Waals surface area contributed by atoms with Crippen molar-refractivity contribution >= 4 is 5.69 Å². The van der Waals surface area contributed by atoms with Crippen LogP contribution in [-0.2, 0) is 5.41 Å². The molecule has 20 heavy (non-hydrogen) atoms. The zero-order valence-electron chi connectivity index (χ0n) is 12.0. The summed E-state index contributed by atoms with van der Waals surface area (Å²) < 4.78 is 43.1. The highest BCUT2D eigenvalue weighted by atomic mass is 19.4. The summed E-state index contributed by atoms with van der Waals surface area (Å²) in [6, 6.07) is 2.91. The number of anilines is 1. The van der Waals surface area contributed by atoms with Crippen LogP contribution in [0.15, 0.2) is 12.1 Å². The quantitative estimate of drug-likeness (QED) is 0.834. The predicted octanol–water partition coefficient (Wildman–Crippen LogP) is 3.56. The SMILES string of the molecule is CCC(C)(C)c1cc(N)c(OC)c(C(O)C(F)(F)F)c1. The largest absolute Gasteiger partial charge is 0.494 e. The number of nitrogen functional groups attached to an aromatic ring is 1. The lowest BCUT2D eigenvalue weighted by Gasteiger charge is -2.27. The Morgan fingerprint density at radius 2 is 1.85 bits per heavy atom. The highest BCUT2D eigenvalue weighted by Gasteiger charge is 2.42. The zero-order chi connectivity index (χ0) is 15.7. The first-order valence-corrected chi connectivity index (χ1v) is 6.27. The van der Waals surface area contributed by atoms with Crippen LogP contribution in [0, 0.1) is 0 Å². The number of rotatable bonds is 4. The van der Waals surface area contributed by atoms with Crippen LogP contribution in [0.4, 0.5) is 18.9 Å². The molecule has 0 radical (unpaired) electrons. The van der Waals surface area contributed by atoms with E-state index >= 15 is 0 Å². The smallest absolute Gasteiger partial charge is 0.418 e. The standard InChI is InChI=1S/C14H20F3NO2/c1-5-13(2,3)8-6-9(12(19)14(15,16)17)11(20-4)10(18)7-8/h6-7,12,19H,5,18H2,1-4H3. The summed E-state index contributed by atoms with van der Waals surface area (Å²) in [5.41, 5.74) is 5.79. The van der Waals surface area contributed by atoms with Gasteiger partial charge in [0.25, 0.3) is 0 Å². The minimum Gasteiger partial charge on any atom is -0.494 e. The van der Waals surface area contributed by atoms with Gasteiger partial charge in [-0.3, -0.25) is 0 Å². The van der Waals surface area contributed by atoms with Gasteiger partial charge in [0.1, 0.15) is 5.75 Å². The fraction of sp³-hybridized carbons (Fsp3) is 0.571. The molecule has 0 spiro atoms. The van der Waals surface area contributed by atoms with Crippen molar-refractivity contribution in [1.82, 2.24) is 0 Å². The third kappa shape index (κ3) is 3.17. The Hall–Kier alpha value is -1.43. The Kier molecular flexibility index (Phi) is 4.59. The molecule has 0 heterocycles. The van der Waals surface area contributed by atoms with E-state index in [0.717, 1.165) is 6.42 Å². The molecule has 0 aliphatic rings. The van der Waals surface area contributed by atoms with Crippen molar-refractivity contribution in [3.63, 3.8) is 0 Å². The maximum Gasteiger partial charge on any atom is 0.418 e. The molecule has 0 aliphatic heterocycles. The Morgan fingerprint density at radius 1 is 1.30 bits per heavy atom. The molecule has 0 aliphatic carbocycles. The molecule has 1 aromatic rings. The molecule has 114 valence electrons. The third-order valence-corrected chi connectivity index (χ3v) is 3.62. The summed E-state index contributed by atoms with van der Waals surface area (Å²) >= 11 is 0. The van der Waals surface area contributed by atoms with Gasteiger partial charge in [-0.15, -0.1) is 0 Å². The molecule has 3 N–H and O–H groups in total. The first kappa shape index (κ1) is 16.6. The predicted molar refractivity (Wildman–Crippen MR) is 71.7 cm³/mol. The first-order chi connectivity index (χ1) is 9.04. The Balaban J connectivity index is 3.49. The van der Waals surface area contributed by atoms with Crippen LogP contribution in [0.2, 0.25) is 0 Å². The molecular weight excluding hydrogens is 271 g/mol. The molecule has 1 aromatic carbocycles. The lowest BCUT2D eigenvalue weighted by molar-refractivity contribution is -0.207. The summed E-state index contributed by atoms with van der Waals surface area (Å²) in [6.45, 7) is 5.73. The van der Waals surface area contributed by atoms with E-state index in [1.807, 2.05) is 20.8 Å². The van der Waals surface area contributed by atoms with Crippen molar-refractivity contribution in [2.75, 3.05) is 12.8 Å². The second-order valence-electron chi connectivity index (χ2n) is 5.37. The molecule has 0 saturated carbocycles. The number of aliphatic hydroxyl groups excluding tert-OH is 1. The lowest BCUT2D eigenvalue weighted by Crippen LogP contribution is -2.23. The maximum atomic E-state index is 12.7. The molecular formula is C14H20F3NO2. The van der Waals surface area contributed by atoms with E-state index in [1.54, 1.807) is 6.07 Å². The number of benzene rings is 1. The van der Waals surface area contributed by atoms with E-state index in [1.165, 1.54) is 13.2 Å². The average Bonchev–Trinajstić information content (AvgIpc) is 2.35. The minimum atomic E-state index is -4.77. The number of hydrogen-bond donors (Lipinski definition) is 2. The molecule has 3 nitrogen and oxygen atoms in total. The van der Waals surface area contributed by atoms with Gasteiger partial charge in [0.2, 0.25) is 0 Å². The monoisotopic (exact) mass is 291 g/mol. The van der Waals surface area contributed by atoms with Crippen molar-refractivity contribution in [3.05, 3.63) is 23.3 Å². The second-order valence-corrected chi connectivity index (χ2v) is 5.37. The van der Waals surface area contributed by atoms with Gasteiger partial charge in [-0.05, 0) is 29.5 Å². The number of halogens is 3. The van der Waals surface area contributed by atoms with Gasteiger partial charge >= 0.3 is 6.18 Å². The van der Waals surface area contributed by atoms with Crippen molar-refractivity contribution in [2.45, 2.75) is 44.9 Å². The van der Waals surface area contributed by atoms with Gasteiger partial charge in [-0.25, -0.2) is 0 Å². The number of ether oxygens (including phenoxy) is 1. The normalized spacial score (nSPS) is 14.2. The lowest BCUT2D eigenvalue weighted by atomic mass is 9.80. The van der Waals surface area contributed by atoms with Gasteiger partial charge in [-0.2, -0.15) is 13.2 Å². The van der Waals surface area contributed by atoms with Crippen molar-refractivity contribution < 1.29 is 23.0 Å². The number of nitrogens with two attached hydrogens (primary N) is 1. The minimum absolute atomic E-state index is 0.0878. The highest BCUT2D eigenvalue weighted by Crippen LogP contribution is 2.42. The molecule has 0 saturated heterocycles. The van der Waals surface area contributed by atoms with Crippen LogP contribution in [0.3, 0.4) is 0 Å². The maximum absolute atomic E-state index is 12.7. The Bertz CT molecular complexity index is 484. The molecule has 6 heteroatoms. The molecule has 0 aromatic heterocycles. The number of methoxy groups -OCH3 is 1. The van der Waals surface area contributed by atoms with Gasteiger partial charge in [0.05, 0.1) is 12.8 Å². The van der Waals surface area contributed by atoms with Gasteiger partial charge in [0, 0.05) is 5.56 Å². The van der Waals surface area contributed by atoms with E-state index in [2.05, 4.69) is 0 Å². The van der Waals surface area contributed by atoms with E-state index in [0.29, 0.717) is 5.56 Å². The van der Waals surface area contributed by atoms with Crippen LogP contribution in [-0.4, -0.2) is 18.4 Å². The van der Waals surface area contributed by atoms with Crippen molar-refractivity contribution in [2.24, 2.45) is 0 Å². The average molecular weight is 291 g/mol. The van der Waals surface area contributed by atoms with Crippen LogP contribution < -0.4 is 10.5 Å². The number of aliphatic hydroxyl groups is 1. The van der Waals surface area contributed by atoms with Crippen LogP contribution in [0.1, 0.15) is 44.4 Å². The van der Waals surface area contributed by atoms with Gasteiger partial charge in [-0.1, -0.05) is 20.8 Å². The van der Waals surface area contributed by atoms with Crippen molar-refractivity contribution in [1.29, 1.82) is 0 Å². The summed E-state index contributed by atoms with van der Waals surface area (Å²) in [4.78, 5) is 0. The van der Waals surface area contributed by atoms with E-state index in [-0.39, 0.29) is 22.4 Å². The summed E-state index contributed by atoms with van der Waals surface area (Å²) in [7, 11) is 1.23. The highest BCUT2D eigenvalue weighted by molar-refractivity contribution is 5.60. The van der Waals surface area contributed by atoms with Crippen LogP contribution in [0.25, 0.3) is 0 Å². The molecule has 0 amide bonds. The van der Waals surface area contributed by atoms with Crippen molar-refractivity contribution in [3.8, 4) is 5.75 Å². The van der Waals surface area contributed by atoms with Crippen LogP contribution in [0.5, 0.6) is 5.75 Å². The number of alkyl halides is 3. The summed E-state index contributed by atoms with van der Waals surface area (Å²) in [5, 5.41) is 9.50. The summed E-state index contributed by atoms with van der Waals surface area (Å²) in [6.07, 6.45) is -6.66. The second kappa shape index (κ2) is 5.52. The third-order valence-electron chi connectivity index (χ3n) is 3.62. The molecule has 1 unspecified atom stereocenters. The Morgan fingerprint density at radius 3 is 2.25 bits per heavy atom. The molecule has 0 bridgehead atoms.